The molecule has 1 saturated carbocycles. The van der Waals surface area contributed by atoms with Crippen molar-refractivity contribution in [2.45, 2.75) is 43.8 Å². The number of nitrogens with one attached hydrogen (secondary N) is 1. The Morgan fingerprint density at radius 2 is 2.33 bits per heavy atom. The van der Waals surface area contributed by atoms with Gasteiger partial charge in [0.1, 0.15) is 5.82 Å². The molecular formula is C13H17N5OS2. The largest absolute Gasteiger partial charge is 0.303 e. The van der Waals surface area contributed by atoms with E-state index in [4.69, 9.17) is 0 Å². The number of aromatic nitrogens is 4. The summed E-state index contributed by atoms with van der Waals surface area (Å²) in [5.41, 5.74) is 0. The topological polar surface area (TPSA) is 72.7 Å². The molecule has 0 spiro atoms. The van der Waals surface area contributed by atoms with Crippen LogP contribution < -0.4 is 5.32 Å². The summed E-state index contributed by atoms with van der Waals surface area (Å²) in [6.07, 6.45) is 4.06. The summed E-state index contributed by atoms with van der Waals surface area (Å²) >= 11 is 2.84. The predicted molar refractivity (Wildman–Crippen MR) is 83.8 cm³/mol. The van der Waals surface area contributed by atoms with Crippen LogP contribution in [-0.4, -0.2) is 31.4 Å². The van der Waals surface area contributed by atoms with Crippen molar-refractivity contribution < 1.29 is 4.79 Å². The van der Waals surface area contributed by atoms with Crippen LogP contribution in [0.4, 0.5) is 5.13 Å². The molecule has 21 heavy (non-hydrogen) atoms. The fourth-order valence-electron chi connectivity index (χ4n) is 2.06. The van der Waals surface area contributed by atoms with Crippen LogP contribution in [0.1, 0.15) is 44.5 Å². The Hall–Kier alpha value is -1.41. The molecule has 112 valence electrons. The molecule has 6 nitrogen and oxygen atoms in total. The summed E-state index contributed by atoms with van der Waals surface area (Å²) in [6.45, 7) is 4.24. The van der Waals surface area contributed by atoms with E-state index in [1.807, 2.05) is 5.38 Å². The van der Waals surface area contributed by atoms with E-state index in [9.17, 15) is 4.79 Å². The molecule has 1 aliphatic carbocycles. The van der Waals surface area contributed by atoms with Gasteiger partial charge in [-0.15, -0.1) is 21.5 Å². The van der Waals surface area contributed by atoms with Crippen LogP contribution in [-0.2, 0) is 4.79 Å². The van der Waals surface area contributed by atoms with E-state index in [0.29, 0.717) is 22.8 Å². The van der Waals surface area contributed by atoms with Gasteiger partial charge in [-0.2, -0.15) is 0 Å². The highest BCUT2D eigenvalue weighted by atomic mass is 32.2. The Labute approximate surface area is 131 Å². The number of hydrogen-bond donors (Lipinski definition) is 1. The first-order valence-corrected chi connectivity index (χ1v) is 8.78. The molecule has 2 heterocycles. The second kappa shape index (κ2) is 6.15. The second-order valence-electron chi connectivity index (χ2n) is 5.25. The molecule has 2 aromatic heterocycles. The van der Waals surface area contributed by atoms with Crippen LogP contribution in [0, 0.1) is 0 Å². The Morgan fingerprint density at radius 3 is 2.95 bits per heavy atom. The molecule has 0 atom stereocenters. The van der Waals surface area contributed by atoms with E-state index in [0.717, 1.165) is 11.0 Å². The molecular weight excluding hydrogens is 306 g/mol. The molecule has 0 saturated heterocycles. The number of hydrogen-bond acceptors (Lipinski definition) is 6. The van der Waals surface area contributed by atoms with E-state index in [2.05, 4.69) is 38.9 Å². The Balaban J connectivity index is 1.63. The molecule has 0 aliphatic heterocycles. The van der Waals surface area contributed by atoms with Crippen molar-refractivity contribution >= 4 is 34.1 Å². The smallest absolute Gasteiger partial charge is 0.236 e. The van der Waals surface area contributed by atoms with Crippen LogP contribution in [0.5, 0.6) is 0 Å². The molecule has 1 aliphatic rings. The number of amides is 1. The molecule has 0 radical (unpaired) electrons. The Kier molecular flexibility index (Phi) is 4.25. The van der Waals surface area contributed by atoms with E-state index < -0.39 is 0 Å². The monoisotopic (exact) mass is 323 g/mol. The lowest BCUT2D eigenvalue weighted by Gasteiger charge is -2.13. The number of thiazole rings is 1. The molecule has 1 amide bonds. The van der Waals surface area contributed by atoms with Gasteiger partial charge in [0.15, 0.2) is 10.3 Å². The van der Waals surface area contributed by atoms with Gasteiger partial charge in [0.05, 0.1) is 5.75 Å². The van der Waals surface area contributed by atoms with Crippen LogP contribution in [0.25, 0.3) is 0 Å². The van der Waals surface area contributed by atoms with Gasteiger partial charge in [0, 0.05) is 23.5 Å². The summed E-state index contributed by atoms with van der Waals surface area (Å²) in [7, 11) is 0. The Morgan fingerprint density at radius 1 is 1.52 bits per heavy atom. The normalized spacial score (nSPS) is 14.6. The highest BCUT2D eigenvalue weighted by molar-refractivity contribution is 7.99. The SMILES string of the molecule is CC(C)n1c(SCC(=O)Nc2nccs2)nnc1C1CC1. The van der Waals surface area contributed by atoms with E-state index >= 15 is 0 Å². The van der Waals surface area contributed by atoms with Gasteiger partial charge in [-0.3, -0.25) is 4.79 Å². The number of nitrogens with zero attached hydrogens (tertiary/aromatic N) is 4. The fourth-order valence-corrected chi connectivity index (χ4v) is 3.48. The summed E-state index contributed by atoms with van der Waals surface area (Å²) in [5, 5.41) is 14.6. The van der Waals surface area contributed by atoms with Crippen LogP contribution in [0.3, 0.4) is 0 Å². The fraction of sp³-hybridized carbons (Fsp3) is 0.538. The van der Waals surface area contributed by atoms with Crippen molar-refractivity contribution in [2.24, 2.45) is 0 Å². The van der Waals surface area contributed by atoms with Crippen molar-refractivity contribution in [1.29, 1.82) is 0 Å². The quantitative estimate of drug-likeness (QED) is 0.828. The number of anilines is 1. The molecule has 0 aromatic carbocycles. The summed E-state index contributed by atoms with van der Waals surface area (Å²) < 4.78 is 2.15. The zero-order valence-electron chi connectivity index (χ0n) is 11.9. The third kappa shape index (κ3) is 3.44. The minimum atomic E-state index is -0.0683. The third-order valence-corrected chi connectivity index (χ3v) is 4.79. The average Bonchev–Trinajstić information content (AvgIpc) is 2.99. The lowest BCUT2D eigenvalue weighted by atomic mass is 10.3. The van der Waals surface area contributed by atoms with Gasteiger partial charge in [0.25, 0.3) is 0 Å². The van der Waals surface area contributed by atoms with Crippen molar-refractivity contribution in [1.82, 2.24) is 19.7 Å². The first-order chi connectivity index (χ1) is 10.1. The van der Waals surface area contributed by atoms with Gasteiger partial charge in [-0.05, 0) is 26.7 Å². The molecule has 0 bridgehead atoms. The maximum Gasteiger partial charge on any atom is 0.236 e. The maximum atomic E-state index is 11.9. The van der Waals surface area contributed by atoms with Crippen LogP contribution in [0.2, 0.25) is 0 Å². The van der Waals surface area contributed by atoms with Crippen molar-refractivity contribution in [2.75, 3.05) is 11.1 Å². The maximum absolute atomic E-state index is 11.9. The standard InChI is InChI=1S/C13H17N5OS2/c1-8(2)18-11(9-3-4-9)16-17-13(18)21-7-10(19)15-12-14-5-6-20-12/h5-6,8-9H,3-4,7H2,1-2H3,(H,14,15,19). The summed E-state index contributed by atoms with van der Waals surface area (Å²) in [5.74, 6) is 1.86. The predicted octanol–water partition coefficient (Wildman–Crippen LogP) is 2.92. The molecule has 2 aromatic rings. The first kappa shape index (κ1) is 14.5. The zero-order valence-corrected chi connectivity index (χ0v) is 13.6. The van der Waals surface area contributed by atoms with Crippen LogP contribution >= 0.6 is 23.1 Å². The number of thioether (sulfide) groups is 1. The minimum absolute atomic E-state index is 0.0683. The van der Waals surface area contributed by atoms with E-state index in [-0.39, 0.29) is 5.91 Å². The van der Waals surface area contributed by atoms with Crippen LogP contribution in [0.15, 0.2) is 16.7 Å². The van der Waals surface area contributed by atoms with Gasteiger partial charge in [-0.25, -0.2) is 4.98 Å². The summed E-state index contributed by atoms with van der Waals surface area (Å²) in [6, 6.07) is 0.306. The summed E-state index contributed by atoms with van der Waals surface area (Å²) in [4.78, 5) is 15.9. The second-order valence-corrected chi connectivity index (χ2v) is 7.09. The highest BCUT2D eigenvalue weighted by Crippen LogP contribution is 2.41. The van der Waals surface area contributed by atoms with Gasteiger partial charge >= 0.3 is 0 Å². The molecule has 8 heteroatoms. The Bertz CT molecular complexity index is 619. The molecule has 3 rings (SSSR count). The lowest BCUT2D eigenvalue weighted by Crippen LogP contribution is -2.15. The van der Waals surface area contributed by atoms with Gasteiger partial charge < -0.3 is 9.88 Å². The van der Waals surface area contributed by atoms with Crippen molar-refractivity contribution in [3.63, 3.8) is 0 Å². The average molecular weight is 323 g/mol. The number of carbonyl (C=O) groups excluding carboxylic acids is 1. The lowest BCUT2D eigenvalue weighted by molar-refractivity contribution is -0.113. The highest BCUT2D eigenvalue weighted by Gasteiger charge is 2.31. The van der Waals surface area contributed by atoms with Gasteiger partial charge in [-0.1, -0.05) is 11.8 Å². The zero-order chi connectivity index (χ0) is 14.8. The minimum Gasteiger partial charge on any atom is -0.303 e. The number of rotatable bonds is 6. The molecule has 1 fully saturated rings. The third-order valence-electron chi connectivity index (χ3n) is 3.16. The van der Waals surface area contributed by atoms with Gasteiger partial charge in [0.2, 0.25) is 5.91 Å². The van der Waals surface area contributed by atoms with Crippen molar-refractivity contribution in [3.05, 3.63) is 17.4 Å². The van der Waals surface area contributed by atoms with E-state index in [1.54, 1.807) is 6.20 Å². The number of carbonyl (C=O) groups is 1. The molecule has 0 unspecified atom stereocenters. The molecule has 1 N–H and O–H groups in total. The first-order valence-electron chi connectivity index (χ1n) is 6.92. The van der Waals surface area contributed by atoms with E-state index in [1.165, 1.54) is 35.9 Å². The van der Waals surface area contributed by atoms with Crippen molar-refractivity contribution in [3.8, 4) is 0 Å².